The third kappa shape index (κ3) is 3.15. The Labute approximate surface area is 178 Å². The van der Waals surface area contributed by atoms with E-state index in [1.807, 2.05) is 0 Å². The molecule has 7 nitrogen and oxygen atoms in total. The van der Waals surface area contributed by atoms with Gasteiger partial charge in [-0.25, -0.2) is 4.79 Å². The van der Waals surface area contributed by atoms with Crippen molar-refractivity contribution in [2.24, 2.45) is 0 Å². The number of benzene rings is 2. The first kappa shape index (κ1) is 20.1. The van der Waals surface area contributed by atoms with Crippen molar-refractivity contribution in [3.63, 3.8) is 0 Å². The predicted octanol–water partition coefficient (Wildman–Crippen LogP) is 3.70. The van der Waals surface area contributed by atoms with E-state index in [1.165, 1.54) is 26.2 Å². The SMILES string of the molecule is COc1ccc(C2CC(=O)N(c3cccc(Cl)c3)C3=C2C(=O)OC3)c(OC)c1OC. The normalized spacial score (nSPS) is 18.3. The van der Waals surface area contributed by atoms with Crippen molar-refractivity contribution in [3.8, 4) is 17.2 Å². The van der Waals surface area contributed by atoms with Gasteiger partial charge >= 0.3 is 5.97 Å². The van der Waals surface area contributed by atoms with Gasteiger partial charge in [0.25, 0.3) is 0 Å². The summed E-state index contributed by atoms with van der Waals surface area (Å²) in [5.74, 6) is 0.146. The third-order valence-electron chi connectivity index (χ3n) is 5.29. The molecule has 0 N–H and O–H groups in total. The number of halogens is 1. The van der Waals surface area contributed by atoms with Crippen LogP contribution < -0.4 is 19.1 Å². The second kappa shape index (κ2) is 7.91. The van der Waals surface area contributed by atoms with E-state index in [2.05, 4.69) is 0 Å². The maximum atomic E-state index is 13.2. The van der Waals surface area contributed by atoms with Crippen molar-refractivity contribution in [1.29, 1.82) is 0 Å². The lowest BCUT2D eigenvalue weighted by Crippen LogP contribution is -2.37. The number of hydrogen-bond donors (Lipinski definition) is 0. The van der Waals surface area contributed by atoms with Crippen LogP contribution in [-0.4, -0.2) is 39.8 Å². The Kier molecular flexibility index (Phi) is 5.30. The Morgan fingerprint density at radius 3 is 2.47 bits per heavy atom. The Balaban J connectivity index is 1.88. The average molecular weight is 430 g/mol. The highest BCUT2D eigenvalue weighted by Gasteiger charge is 2.44. The highest BCUT2D eigenvalue weighted by molar-refractivity contribution is 6.31. The fraction of sp³-hybridized carbons (Fsp3) is 0.273. The van der Waals surface area contributed by atoms with Gasteiger partial charge in [-0.05, 0) is 24.3 Å². The Bertz CT molecular complexity index is 1060. The number of hydrogen-bond acceptors (Lipinski definition) is 6. The number of nitrogens with zero attached hydrogens (tertiary/aromatic N) is 1. The van der Waals surface area contributed by atoms with Crippen LogP contribution in [0.5, 0.6) is 17.2 Å². The molecule has 0 spiro atoms. The summed E-state index contributed by atoms with van der Waals surface area (Å²) >= 11 is 6.11. The fourth-order valence-corrected chi connectivity index (χ4v) is 4.22. The molecule has 0 aromatic heterocycles. The van der Waals surface area contributed by atoms with Gasteiger partial charge in [-0.1, -0.05) is 23.7 Å². The molecule has 2 aliphatic heterocycles. The number of anilines is 1. The van der Waals surface area contributed by atoms with Crippen LogP contribution in [-0.2, 0) is 14.3 Å². The lowest BCUT2D eigenvalue weighted by atomic mass is 9.83. The Hall–Kier alpha value is -3.19. The van der Waals surface area contributed by atoms with Crippen LogP contribution in [0.15, 0.2) is 47.7 Å². The van der Waals surface area contributed by atoms with Gasteiger partial charge < -0.3 is 18.9 Å². The van der Waals surface area contributed by atoms with Crippen LogP contribution in [0.1, 0.15) is 17.9 Å². The molecule has 2 heterocycles. The van der Waals surface area contributed by atoms with Crippen LogP contribution in [0, 0.1) is 0 Å². The van der Waals surface area contributed by atoms with Gasteiger partial charge in [0.15, 0.2) is 11.5 Å². The lowest BCUT2D eigenvalue weighted by molar-refractivity contribution is -0.136. The quantitative estimate of drug-likeness (QED) is 0.675. The molecule has 0 bridgehead atoms. The number of cyclic esters (lactones) is 1. The van der Waals surface area contributed by atoms with Gasteiger partial charge in [-0.15, -0.1) is 0 Å². The third-order valence-corrected chi connectivity index (χ3v) is 5.53. The van der Waals surface area contributed by atoms with E-state index in [0.717, 1.165) is 0 Å². The molecule has 0 aliphatic carbocycles. The largest absolute Gasteiger partial charge is 0.493 e. The summed E-state index contributed by atoms with van der Waals surface area (Å²) < 4.78 is 21.7. The standard InChI is InChI=1S/C22H20ClNO6/c1-27-17-8-7-14(20(28-2)21(17)29-3)15-10-18(25)24(13-6-4-5-12(23)9-13)16-11-30-22(26)19(15)16/h4-9,15H,10-11H2,1-3H3. The fourth-order valence-electron chi connectivity index (χ4n) is 4.03. The van der Waals surface area contributed by atoms with Gasteiger partial charge in [0.05, 0.1) is 38.3 Å². The minimum absolute atomic E-state index is 0.0124. The molecule has 0 saturated carbocycles. The first-order chi connectivity index (χ1) is 14.5. The number of carbonyl (C=O) groups excluding carboxylic acids is 2. The zero-order chi connectivity index (χ0) is 21.4. The van der Waals surface area contributed by atoms with Crippen molar-refractivity contribution in [1.82, 2.24) is 0 Å². The number of carbonyl (C=O) groups is 2. The highest BCUT2D eigenvalue weighted by Crippen LogP contribution is 2.49. The van der Waals surface area contributed by atoms with E-state index in [-0.39, 0.29) is 18.9 Å². The van der Waals surface area contributed by atoms with Crippen molar-refractivity contribution in [2.45, 2.75) is 12.3 Å². The van der Waals surface area contributed by atoms with E-state index in [1.54, 1.807) is 36.4 Å². The number of ether oxygens (including phenoxy) is 4. The van der Waals surface area contributed by atoms with Crippen LogP contribution >= 0.6 is 11.6 Å². The van der Waals surface area contributed by atoms with Crippen LogP contribution in [0.25, 0.3) is 0 Å². The molecule has 8 heteroatoms. The highest BCUT2D eigenvalue weighted by atomic mass is 35.5. The molecule has 0 radical (unpaired) electrons. The summed E-state index contributed by atoms with van der Waals surface area (Å²) in [6.07, 6.45) is 0.0618. The Morgan fingerprint density at radius 1 is 1.03 bits per heavy atom. The second-order valence-corrected chi connectivity index (χ2v) is 7.26. The summed E-state index contributed by atoms with van der Waals surface area (Å²) in [5, 5.41) is 0.497. The van der Waals surface area contributed by atoms with Crippen molar-refractivity contribution in [2.75, 3.05) is 32.8 Å². The number of rotatable bonds is 5. The molecule has 2 aliphatic rings. The van der Waals surface area contributed by atoms with Crippen molar-refractivity contribution < 1.29 is 28.5 Å². The van der Waals surface area contributed by atoms with Crippen LogP contribution in [0.3, 0.4) is 0 Å². The topological polar surface area (TPSA) is 74.3 Å². The van der Waals surface area contributed by atoms with Gasteiger partial charge in [-0.2, -0.15) is 0 Å². The molecule has 1 amide bonds. The molecule has 2 aromatic carbocycles. The molecule has 1 atom stereocenters. The summed E-state index contributed by atoms with van der Waals surface area (Å²) in [7, 11) is 4.54. The summed E-state index contributed by atoms with van der Waals surface area (Å²) in [5.41, 5.74) is 2.19. The summed E-state index contributed by atoms with van der Waals surface area (Å²) in [6, 6.07) is 10.4. The molecule has 30 heavy (non-hydrogen) atoms. The first-order valence-electron chi connectivity index (χ1n) is 9.27. The van der Waals surface area contributed by atoms with E-state index in [0.29, 0.717) is 44.8 Å². The lowest BCUT2D eigenvalue weighted by Gasteiger charge is -2.32. The monoisotopic (exact) mass is 429 g/mol. The number of amides is 1. The molecule has 4 rings (SSSR count). The number of methoxy groups -OCH3 is 3. The maximum Gasteiger partial charge on any atom is 0.336 e. The molecule has 1 unspecified atom stereocenters. The predicted molar refractivity (Wildman–Crippen MR) is 110 cm³/mol. The molecule has 2 aromatic rings. The zero-order valence-corrected chi connectivity index (χ0v) is 17.5. The minimum Gasteiger partial charge on any atom is -0.493 e. The first-order valence-corrected chi connectivity index (χ1v) is 9.65. The zero-order valence-electron chi connectivity index (χ0n) is 16.7. The molecule has 0 fully saturated rings. The van der Waals surface area contributed by atoms with Crippen molar-refractivity contribution in [3.05, 3.63) is 58.3 Å². The Morgan fingerprint density at radius 2 is 1.80 bits per heavy atom. The summed E-state index contributed by atoms with van der Waals surface area (Å²) in [4.78, 5) is 27.4. The van der Waals surface area contributed by atoms with E-state index in [9.17, 15) is 9.59 Å². The molecule has 0 saturated heterocycles. The molecular weight excluding hydrogens is 410 g/mol. The van der Waals surface area contributed by atoms with Crippen LogP contribution in [0.4, 0.5) is 5.69 Å². The molecular formula is C22H20ClNO6. The molecule has 156 valence electrons. The van der Waals surface area contributed by atoms with E-state index >= 15 is 0 Å². The van der Waals surface area contributed by atoms with Gasteiger partial charge in [0.1, 0.15) is 6.61 Å². The van der Waals surface area contributed by atoms with Crippen molar-refractivity contribution >= 4 is 29.2 Å². The van der Waals surface area contributed by atoms with Gasteiger partial charge in [0.2, 0.25) is 11.7 Å². The maximum absolute atomic E-state index is 13.2. The van der Waals surface area contributed by atoms with Crippen LogP contribution in [0.2, 0.25) is 5.02 Å². The average Bonchev–Trinajstić information content (AvgIpc) is 3.13. The number of esters is 1. The summed E-state index contributed by atoms with van der Waals surface area (Å²) in [6.45, 7) is 0.0124. The van der Waals surface area contributed by atoms with Gasteiger partial charge in [-0.3, -0.25) is 9.69 Å². The minimum atomic E-state index is -0.535. The van der Waals surface area contributed by atoms with E-state index < -0.39 is 11.9 Å². The second-order valence-electron chi connectivity index (χ2n) is 6.83. The van der Waals surface area contributed by atoms with E-state index in [4.69, 9.17) is 30.5 Å². The smallest absolute Gasteiger partial charge is 0.336 e. The van der Waals surface area contributed by atoms with Gasteiger partial charge in [0, 0.05) is 22.9 Å².